The van der Waals surface area contributed by atoms with Crippen molar-refractivity contribution in [3.05, 3.63) is 22.3 Å². The fourth-order valence-corrected chi connectivity index (χ4v) is 6.16. The van der Waals surface area contributed by atoms with E-state index in [2.05, 4.69) is 29.0 Å². The van der Waals surface area contributed by atoms with Crippen molar-refractivity contribution >= 4 is 34.6 Å². The third-order valence-electron chi connectivity index (χ3n) is 6.98. The fourth-order valence-electron chi connectivity index (χ4n) is 5.34. The molecule has 2 fully saturated rings. The van der Waals surface area contributed by atoms with Crippen molar-refractivity contribution in [3.63, 3.8) is 0 Å². The maximum absolute atomic E-state index is 11.3. The Labute approximate surface area is 188 Å². The minimum Gasteiger partial charge on any atom is -0.345 e. The lowest BCUT2D eigenvalue weighted by molar-refractivity contribution is -0.119. The number of carbonyl (C=O) groups excluding carboxylic acids is 1. The first kappa shape index (κ1) is 20.7. The summed E-state index contributed by atoms with van der Waals surface area (Å²) in [6, 6.07) is 0.419. The number of fused-ring (bicyclic) bond motifs is 1. The van der Waals surface area contributed by atoms with Crippen molar-refractivity contribution < 1.29 is 4.79 Å². The first-order valence-corrected chi connectivity index (χ1v) is 12.5. The molecule has 2 saturated heterocycles. The maximum atomic E-state index is 11.3. The number of hydrogen-bond acceptors (Lipinski definition) is 7. The van der Waals surface area contributed by atoms with E-state index in [0.29, 0.717) is 17.9 Å². The molecule has 3 aliphatic rings. The SMILES string of the molecule is CC(C)c1cnc(Nc2nc(N3CCCC3C3CCCN(C=O)C3)nc3c2CCC3)s1. The summed E-state index contributed by atoms with van der Waals surface area (Å²) in [7, 11) is 0. The summed E-state index contributed by atoms with van der Waals surface area (Å²) < 4.78 is 0. The van der Waals surface area contributed by atoms with Gasteiger partial charge in [-0.05, 0) is 56.8 Å². The van der Waals surface area contributed by atoms with E-state index in [1.807, 2.05) is 11.1 Å². The maximum Gasteiger partial charge on any atom is 0.227 e. The highest BCUT2D eigenvalue weighted by atomic mass is 32.1. The van der Waals surface area contributed by atoms with Crippen LogP contribution in [0.25, 0.3) is 0 Å². The van der Waals surface area contributed by atoms with Gasteiger partial charge >= 0.3 is 0 Å². The number of nitrogens with zero attached hydrogens (tertiary/aromatic N) is 5. The summed E-state index contributed by atoms with van der Waals surface area (Å²) in [4.78, 5) is 31.6. The van der Waals surface area contributed by atoms with E-state index in [4.69, 9.17) is 9.97 Å². The zero-order chi connectivity index (χ0) is 21.4. The summed E-state index contributed by atoms with van der Waals surface area (Å²) in [5, 5.41) is 4.44. The van der Waals surface area contributed by atoms with Crippen molar-refractivity contribution in [2.45, 2.75) is 70.8 Å². The van der Waals surface area contributed by atoms with Gasteiger partial charge in [-0.3, -0.25) is 4.79 Å². The molecule has 1 amide bonds. The van der Waals surface area contributed by atoms with Crippen LogP contribution in [0.15, 0.2) is 6.20 Å². The van der Waals surface area contributed by atoms with E-state index in [1.165, 1.54) is 22.6 Å². The lowest BCUT2D eigenvalue weighted by atomic mass is 9.89. The summed E-state index contributed by atoms with van der Waals surface area (Å²) in [5.41, 5.74) is 2.45. The summed E-state index contributed by atoms with van der Waals surface area (Å²) >= 11 is 1.71. The molecule has 0 radical (unpaired) electrons. The molecule has 0 saturated carbocycles. The highest BCUT2D eigenvalue weighted by Crippen LogP contribution is 2.36. The van der Waals surface area contributed by atoms with E-state index in [1.54, 1.807) is 11.3 Å². The minimum absolute atomic E-state index is 0.419. The first-order chi connectivity index (χ1) is 15.1. The van der Waals surface area contributed by atoms with Crippen molar-refractivity contribution in [2.24, 2.45) is 5.92 Å². The number of likely N-dealkylation sites (tertiary alicyclic amines) is 1. The Bertz CT molecular complexity index is 944. The normalized spacial score (nSPS) is 23.5. The largest absolute Gasteiger partial charge is 0.345 e. The third kappa shape index (κ3) is 4.14. The molecule has 0 bridgehead atoms. The Morgan fingerprint density at radius 3 is 2.84 bits per heavy atom. The standard InChI is InChI=1S/C23H32N6OS/c1-15(2)20-12-24-23(31-20)27-21-17-7-3-8-18(17)25-22(26-21)29-11-5-9-19(29)16-6-4-10-28(13-16)14-30/h12,14-16,19H,3-11,13H2,1-2H3,(H,24,25,26,27). The van der Waals surface area contributed by atoms with Gasteiger partial charge in [-0.25, -0.2) is 9.97 Å². The lowest BCUT2D eigenvalue weighted by Crippen LogP contribution is -2.45. The van der Waals surface area contributed by atoms with Crippen molar-refractivity contribution in [1.82, 2.24) is 19.9 Å². The van der Waals surface area contributed by atoms with Crippen molar-refractivity contribution in [2.75, 3.05) is 29.9 Å². The summed E-state index contributed by atoms with van der Waals surface area (Å²) in [6.45, 7) is 7.14. The van der Waals surface area contributed by atoms with Gasteiger partial charge in [-0.2, -0.15) is 4.98 Å². The van der Waals surface area contributed by atoms with Crippen LogP contribution in [0.4, 0.5) is 16.9 Å². The van der Waals surface area contributed by atoms with E-state index >= 15 is 0 Å². The Morgan fingerprint density at radius 1 is 1.16 bits per heavy atom. The molecule has 0 spiro atoms. The predicted molar refractivity (Wildman–Crippen MR) is 124 cm³/mol. The van der Waals surface area contributed by atoms with Crippen LogP contribution in [0, 0.1) is 5.92 Å². The van der Waals surface area contributed by atoms with Crippen LogP contribution in [0.1, 0.15) is 68.0 Å². The predicted octanol–water partition coefficient (Wildman–Crippen LogP) is 4.13. The van der Waals surface area contributed by atoms with Gasteiger partial charge in [-0.15, -0.1) is 11.3 Å². The number of piperidine rings is 1. The van der Waals surface area contributed by atoms with E-state index < -0.39 is 0 Å². The molecule has 0 aromatic carbocycles. The molecule has 31 heavy (non-hydrogen) atoms. The topological polar surface area (TPSA) is 74.2 Å². The number of rotatable bonds is 6. The van der Waals surface area contributed by atoms with Crippen LogP contribution in [0.5, 0.6) is 0 Å². The van der Waals surface area contributed by atoms with E-state index in [0.717, 1.165) is 81.5 Å². The zero-order valence-electron chi connectivity index (χ0n) is 18.5. The van der Waals surface area contributed by atoms with Gasteiger partial charge in [0.25, 0.3) is 0 Å². The average Bonchev–Trinajstić information content (AvgIpc) is 3.53. The van der Waals surface area contributed by atoms with Crippen LogP contribution >= 0.6 is 11.3 Å². The Kier molecular flexibility index (Phi) is 5.82. The molecule has 2 aromatic rings. The first-order valence-electron chi connectivity index (χ1n) is 11.7. The molecule has 2 aromatic heterocycles. The minimum atomic E-state index is 0.419. The molecular formula is C23H32N6OS. The van der Waals surface area contributed by atoms with Gasteiger partial charge in [0.05, 0.1) is 5.69 Å². The van der Waals surface area contributed by atoms with Gasteiger partial charge in [0.2, 0.25) is 12.4 Å². The Hall–Kier alpha value is -2.22. The third-order valence-corrected chi connectivity index (χ3v) is 8.19. The van der Waals surface area contributed by atoms with Gasteiger partial charge in [0.15, 0.2) is 5.13 Å². The molecule has 1 N–H and O–H groups in total. The molecular weight excluding hydrogens is 408 g/mol. The summed E-state index contributed by atoms with van der Waals surface area (Å²) in [5.74, 6) is 2.77. The lowest BCUT2D eigenvalue weighted by Gasteiger charge is -2.37. The monoisotopic (exact) mass is 440 g/mol. The number of thiazole rings is 1. The molecule has 1 aliphatic carbocycles. The van der Waals surface area contributed by atoms with Crippen molar-refractivity contribution in [1.29, 1.82) is 0 Å². The van der Waals surface area contributed by atoms with Crippen LogP contribution in [0.2, 0.25) is 0 Å². The van der Waals surface area contributed by atoms with Crippen LogP contribution in [-0.2, 0) is 17.6 Å². The molecule has 166 valence electrons. The van der Waals surface area contributed by atoms with Crippen LogP contribution in [-0.4, -0.2) is 51.9 Å². The Morgan fingerprint density at radius 2 is 2.03 bits per heavy atom. The number of anilines is 3. The fraction of sp³-hybridized carbons (Fsp3) is 0.652. The highest BCUT2D eigenvalue weighted by Gasteiger charge is 2.36. The van der Waals surface area contributed by atoms with E-state index in [-0.39, 0.29) is 0 Å². The number of aryl methyl sites for hydroxylation is 1. The number of hydrogen-bond donors (Lipinski definition) is 1. The molecule has 7 nitrogen and oxygen atoms in total. The second-order valence-electron chi connectivity index (χ2n) is 9.40. The van der Waals surface area contributed by atoms with Gasteiger partial charge in [-0.1, -0.05) is 13.8 Å². The second kappa shape index (κ2) is 8.73. The zero-order valence-corrected chi connectivity index (χ0v) is 19.3. The molecule has 2 atom stereocenters. The molecule has 2 aliphatic heterocycles. The smallest absolute Gasteiger partial charge is 0.227 e. The second-order valence-corrected chi connectivity index (χ2v) is 10.5. The molecule has 2 unspecified atom stereocenters. The van der Waals surface area contributed by atoms with Crippen LogP contribution < -0.4 is 10.2 Å². The van der Waals surface area contributed by atoms with Gasteiger partial charge in [0.1, 0.15) is 5.82 Å². The average molecular weight is 441 g/mol. The highest BCUT2D eigenvalue weighted by molar-refractivity contribution is 7.15. The van der Waals surface area contributed by atoms with Crippen LogP contribution in [0.3, 0.4) is 0 Å². The van der Waals surface area contributed by atoms with Gasteiger partial charge in [0, 0.05) is 42.3 Å². The van der Waals surface area contributed by atoms with Crippen molar-refractivity contribution in [3.8, 4) is 0 Å². The number of amides is 1. The number of aromatic nitrogens is 3. The summed E-state index contributed by atoms with van der Waals surface area (Å²) in [6.07, 6.45) is 10.8. The molecule has 5 rings (SSSR count). The number of nitrogens with one attached hydrogen (secondary N) is 1. The number of carbonyl (C=O) groups is 1. The molecule has 4 heterocycles. The Balaban J connectivity index is 1.42. The quantitative estimate of drug-likeness (QED) is 0.681. The van der Waals surface area contributed by atoms with Gasteiger partial charge < -0.3 is 15.1 Å². The molecule has 8 heteroatoms. The van der Waals surface area contributed by atoms with E-state index in [9.17, 15) is 4.79 Å².